The highest BCUT2D eigenvalue weighted by Crippen LogP contribution is 2.43. The molecule has 6 heterocycles. The van der Waals surface area contributed by atoms with Crippen LogP contribution in [0.25, 0.3) is 22.3 Å². The van der Waals surface area contributed by atoms with Crippen LogP contribution in [0.1, 0.15) is 61.4 Å². The Labute approximate surface area is 269 Å². The van der Waals surface area contributed by atoms with Crippen LogP contribution in [0.15, 0.2) is 85.3 Å². The van der Waals surface area contributed by atoms with Gasteiger partial charge in [0.2, 0.25) is 5.91 Å². The van der Waals surface area contributed by atoms with Crippen molar-refractivity contribution < 1.29 is 9.18 Å². The zero-order chi connectivity index (χ0) is 31.6. The van der Waals surface area contributed by atoms with Gasteiger partial charge in [-0.1, -0.05) is 12.1 Å². The fourth-order valence-corrected chi connectivity index (χ4v) is 7.48. The Morgan fingerprint density at radius 2 is 1.65 bits per heavy atom. The second-order valence-electron chi connectivity index (χ2n) is 12.6. The number of aromatic nitrogens is 4. The van der Waals surface area contributed by atoms with E-state index in [1.54, 1.807) is 24.5 Å². The second-order valence-corrected chi connectivity index (χ2v) is 12.6. The van der Waals surface area contributed by atoms with Gasteiger partial charge in [-0.2, -0.15) is 0 Å². The quantitative estimate of drug-likeness (QED) is 0.226. The van der Waals surface area contributed by atoms with Crippen LogP contribution in [0.5, 0.6) is 0 Å². The molecule has 2 fully saturated rings. The van der Waals surface area contributed by atoms with E-state index in [0.717, 1.165) is 72.3 Å². The Kier molecular flexibility index (Phi) is 8.49. The van der Waals surface area contributed by atoms with E-state index in [1.807, 2.05) is 60.8 Å². The molecule has 1 amide bonds. The number of pyridine rings is 3. The number of likely N-dealkylation sites (tertiary alicyclic amines) is 2. The molecule has 2 aliphatic heterocycles. The number of piperidine rings is 2. The summed E-state index contributed by atoms with van der Waals surface area (Å²) in [4.78, 5) is 31.7. The van der Waals surface area contributed by atoms with E-state index in [1.165, 1.54) is 5.56 Å². The zero-order valence-electron chi connectivity index (χ0n) is 26.2. The smallest absolute Gasteiger partial charge is 0.225 e. The molecule has 8 nitrogen and oxygen atoms in total. The molecule has 7 rings (SSSR count). The molecule has 1 unspecified atom stereocenters. The maximum absolute atomic E-state index is 14.7. The number of benzene rings is 1. The van der Waals surface area contributed by atoms with Crippen LogP contribution in [-0.2, 0) is 11.3 Å². The number of rotatable bonds is 7. The predicted octanol–water partition coefficient (Wildman–Crippen LogP) is 6.44. The number of fused-ring (bicyclic) bond motifs is 1. The highest BCUT2D eigenvalue weighted by atomic mass is 19.1. The van der Waals surface area contributed by atoms with Crippen LogP contribution >= 0.6 is 0 Å². The Balaban J connectivity index is 1.10. The van der Waals surface area contributed by atoms with Gasteiger partial charge in [0.05, 0.1) is 29.1 Å². The van der Waals surface area contributed by atoms with Crippen molar-refractivity contribution in [1.82, 2.24) is 29.3 Å². The third-order valence-electron chi connectivity index (χ3n) is 9.95. The number of hydrogen-bond donors (Lipinski definition) is 1. The van der Waals surface area contributed by atoms with Gasteiger partial charge in [-0.05, 0) is 117 Å². The first kappa shape index (κ1) is 30.0. The van der Waals surface area contributed by atoms with Crippen molar-refractivity contribution in [2.24, 2.45) is 5.92 Å². The van der Waals surface area contributed by atoms with E-state index in [4.69, 9.17) is 10.7 Å². The number of nitrogens with zero attached hydrogens (tertiary/aromatic N) is 6. The van der Waals surface area contributed by atoms with Gasteiger partial charge in [-0.3, -0.25) is 19.7 Å². The molecule has 2 aliphatic rings. The molecule has 1 aromatic carbocycles. The van der Waals surface area contributed by atoms with Gasteiger partial charge in [0.15, 0.2) is 0 Å². The SMILES string of the molecule is CC(c1ccnc(N)c1)N1CCC(C(=O)N2CCC(c3c(-c4ccccn4)n(Cc4ccccn4)c4cc(F)ccc34)CC2)CC1. The highest BCUT2D eigenvalue weighted by Gasteiger charge is 2.34. The molecule has 0 spiro atoms. The number of halogens is 1. The Morgan fingerprint density at radius 1 is 0.891 bits per heavy atom. The maximum atomic E-state index is 14.7. The minimum Gasteiger partial charge on any atom is -0.384 e. The normalized spacial score (nSPS) is 17.4. The van der Waals surface area contributed by atoms with E-state index >= 15 is 0 Å². The Hall–Kier alpha value is -4.63. The zero-order valence-corrected chi connectivity index (χ0v) is 26.2. The summed E-state index contributed by atoms with van der Waals surface area (Å²) in [5, 5.41) is 1.04. The van der Waals surface area contributed by atoms with Crippen LogP contribution in [0.4, 0.5) is 10.2 Å². The molecule has 46 heavy (non-hydrogen) atoms. The largest absolute Gasteiger partial charge is 0.384 e. The van der Waals surface area contributed by atoms with Crippen LogP contribution < -0.4 is 5.73 Å². The second kappa shape index (κ2) is 13.0. The van der Waals surface area contributed by atoms with E-state index < -0.39 is 0 Å². The van der Waals surface area contributed by atoms with Crippen molar-refractivity contribution in [1.29, 1.82) is 0 Å². The van der Waals surface area contributed by atoms with Crippen molar-refractivity contribution in [3.05, 3.63) is 108 Å². The molecule has 9 heteroatoms. The highest BCUT2D eigenvalue weighted by molar-refractivity contribution is 5.92. The lowest BCUT2D eigenvalue weighted by Gasteiger charge is -2.39. The number of nitrogens with two attached hydrogens (primary N) is 1. The van der Waals surface area contributed by atoms with Gasteiger partial charge >= 0.3 is 0 Å². The van der Waals surface area contributed by atoms with Crippen LogP contribution in [-0.4, -0.2) is 61.4 Å². The standard InChI is InChI=1S/C37H40FN7O/c1-25(28-10-17-42-34(39)22-28)43-18-13-27(14-19-43)37(46)44-20-11-26(12-21-44)35-31-9-8-29(38)23-33(31)45(24-30-6-2-4-15-40-30)36(35)32-7-3-5-16-41-32/h2-10,15-17,22-23,25-27H,11-14,18-21,24H2,1H3,(H2,39,42). The molecule has 0 bridgehead atoms. The first-order chi connectivity index (χ1) is 22.5. The van der Waals surface area contributed by atoms with E-state index in [2.05, 4.69) is 31.3 Å². The van der Waals surface area contributed by atoms with Gasteiger partial charge in [-0.25, -0.2) is 9.37 Å². The van der Waals surface area contributed by atoms with E-state index in [0.29, 0.717) is 25.5 Å². The minimum absolute atomic E-state index is 0.0508. The number of hydrogen-bond acceptors (Lipinski definition) is 6. The molecule has 2 saturated heterocycles. The summed E-state index contributed by atoms with van der Waals surface area (Å²) in [6.07, 6.45) is 8.78. The molecule has 2 N–H and O–H groups in total. The first-order valence-corrected chi connectivity index (χ1v) is 16.3. The Bertz CT molecular complexity index is 1810. The minimum atomic E-state index is -0.267. The lowest BCUT2D eigenvalue weighted by molar-refractivity contribution is -0.138. The summed E-state index contributed by atoms with van der Waals surface area (Å²) in [5.74, 6) is 0.819. The number of nitrogen functional groups attached to an aromatic ring is 1. The van der Waals surface area contributed by atoms with Crippen LogP contribution in [0.3, 0.4) is 0 Å². The molecule has 0 aliphatic carbocycles. The summed E-state index contributed by atoms with van der Waals surface area (Å²) < 4.78 is 16.9. The van der Waals surface area contributed by atoms with Gasteiger partial charge in [0.1, 0.15) is 11.6 Å². The first-order valence-electron chi connectivity index (χ1n) is 16.3. The van der Waals surface area contributed by atoms with Crippen molar-refractivity contribution in [3.63, 3.8) is 0 Å². The molecule has 236 valence electrons. The average molecular weight is 618 g/mol. The van der Waals surface area contributed by atoms with Crippen molar-refractivity contribution in [3.8, 4) is 11.4 Å². The van der Waals surface area contributed by atoms with E-state index in [9.17, 15) is 9.18 Å². The molecule has 1 atom stereocenters. The lowest BCUT2D eigenvalue weighted by Crippen LogP contribution is -2.45. The fourth-order valence-electron chi connectivity index (χ4n) is 7.48. The van der Waals surface area contributed by atoms with Crippen molar-refractivity contribution >= 4 is 22.6 Å². The summed E-state index contributed by atoms with van der Waals surface area (Å²) in [5.41, 5.74) is 11.9. The average Bonchev–Trinajstić information content (AvgIpc) is 3.41. The lowest BCUT2D eigenvalue weighted by atomic mass is 9.85. The third kappa shape index (κ3) is 5.99. The van der Waals surface area contributed by atoms with Crippen LogP contribution in [0, 0.1) is 11.7 Å². The van der Waals surface area contributed by atoms with Gasteiger partial charge in [-0.15, -0.1) is 0 Å². The van der Waals surface area contributed by atoms with Gasteiger partial charge in [0, 0.05) is 49.0 Å². The summed E-state index contributed by atoms with van der Waals surface area (Å²) in [6, 6.07) is 21.1. The molecule has 5 aromatic rings. The molecule has 0 radical (unpaired) electrons. The number of amides is 1. The van der Waals surface area contributed by atoms with Gasteiger partial charge < -0.3 is 15.2 Å². The van der Waals surface area contributed by atoms with Gasteiger partial charge in [0.25, 0.3) is 0 Å². The monoisotopic (exact) mass is 617 g/mol. The molecular formula is C37H40FN7O. The fraction of sp³-hybridized carbons (Fsp3) is 0.351. The molecule has 0 saturated carbocycles. The van der Waals surface area contributed by atoms with E-state index in [-0.39, 0.29) is 29.6 Å². The van der Waals surface area contributed by atoms with Crippen molar-refractivity contribution in [2.75, 3.05) is 31.9 Å². The molecule has 4 aromatic heterocycles. The third-order valence-corrected chi connectivity index (χ3v) is 9.95. The summed E-state index contributed by atoms with van der Waals surface area (Å²) in [7, 11) is 0. The van der Waals surface area contributed by atoms with Crippen molar-refractivity contribution in [2.45, 2.75) is 51.1 Å². The number of anilines is 1. The number of carbonyl (C=O) groups is 1. The maximum Gasteiger partial charge on any atom is 0.225 e. The summed E-state index contributed by atoms with van der Waals surface area (Å²) >= 11 is 0. The topological polar surface area (TPSA) is 93.2 Å². The van der Waals surface area contributed by atoms with Crippen LogP contribution in [0.2, 0.25) is 0 Å². The Morgan fingerprint density at radius 3 is 2.35 bits per heavy atom. The number of carbonyl (C=O) groups excluding carboxylic acids is 1. The predicted molar refractivity (Wildman–Crippen MR) is 178 cm³/mol. The molecular weight excluding hydrogens is 577 g/mol. The summed E-state index contributed by atoms with van der Waals surface area (Å²) in [6.45, 7) is 5.91.